The number of hydrogen-bond donors (Lipinski definition) is 3. The Bertz CT molecular complexity index is 1080. The Morgan fingerprint density at radius 3 is 2.26 bits per heavy atom. The molecule has 0 unspecified atom stereocenters. The van der Waals surface area contributed by atoms with Crippen LogP contribution >= 0.6 is 0 Å². The van der Waals surface area contributed by atoms with Gasteiger partial charge in [-0.25, -0.2) is 9.97 Å². The fourth-order valence-electron chi connectivity index (χ4n) is 4.01. The quantitative estimate of drug-likeness (QED) is 0.322. The fraction of sp³-hybridized carbons (Fsp3) is 0.407. The van der Waals surface area contributed by atoms with E-state index in [1.165, 1.54) is 22.3 Å². The van der Waals surface area contributed by atoms with Crippen LogP contribution in [0.3, 0.4) is 0 Å². The Labute approximate surface area is 203 Å². The molecule has 0 atom stereocenters. The number of hydrogen-bond acceptors (Lipinski definition) is 7. The van der Waals surface area contributed by atoms with E-state index < -0.39 is 0 Å². The third kappa shape index (κ3) is 7.09. The molecule has 7 heteroatoms. The first-order valence-corrected chi connectivity index (χ1v) is 11.8. The first-order valence-electron chi connectivity index (χ1n) is 11.8. The van der Waals surface area contributed by atoms with E-state index in [1.54, 1.807) is 7.11 Å². The topological polar surface area (TPSA) is 80.3 Å². The Morgan fingerprint density at radius 1 is 0.824 bits per heavy atom. The Kier molecular flexibility index (Phi) is 9.10. The van der Waals surface area contributed by atoms with E-state index in [9.17, 15) is 0 Å². The highest BCUT2D eigenvalue weighted by atomic mass is 16.5. The first kappa shape index (κ1) is 25.3. The van der Waals surface area contributed by atoms with Crippen molar-refractivity contribution in [3.05, 3.63) is 64.5 Å². The molecule has 3 aromatic rings. The molecule has 3 rings (SSSR count). The van der Waals surface area contributed by atoms with E-state index in [1.807, 2.05) is 32.0 Å². The van der Waals surface area contributed by atoms with Crippen LogP contribution in [0.5, 0.6) is 11.5 Å². The highest BCUT2D eigenvalue weighted by Crippen LogP contribution is 2.28. The number of anilines is 3. The van der Waals surface area contributed by atoms with Gasteiger partial charge in [0.25, 0.3) is 0 Å². The monoisotopic (exact) mass is 463 g/mol. The minimum absolute atomic E-state index is 0.624. The second kappa shape index (κ2) is 12.2. The zero-order valence-electron chi connectivity index (χ0n) is 21.2. The SMILES string of the molecule is CCOc1ccc(CCNCCNc2cc(Nc3c(C)cc(C)cc3C)nc(C)n2)cc1OC. The van der Waals surface area contributed by atoms with Crippen molar-refractivity contribution in [3.63, 3.8) is 0 Å². The van der Waals surface area contributed by atoms with Gasteiger partial charge in [-0.05, 0) is 76.4 Å². The largest absolute Gasteiger partial charge is 0.493 e. The summed E-state index contributed by atoms with van der Waals surface area (Å²) in [6, 6.07) is 12.4. The van der Waals surface area contributed by atoms with Gasteiger partial charge < -0.3 is 25.4 Å². The van der Waals surface area contributed by atoms with Gasteiger partial charge in [0.1, 0.15) is 17.5 Å². The summed E-state index contributed by atoms with van der Waals surface area (Å²) < 4.78 is 11.0. The molecule has 0 bridgehead atoms. The van der Waals surface area contributed by atoms with Crippen LogP contribution in [0.15, 0.2) is 36.4 Å². The lowest BCUT2D eigenvalue weighted by molar-refractivity contribution is 0.310. The lowest BCUT2D eigenvalue weighted by Crippen LogP contribution is -2.24. The number of benzene rings is 2. The second-order valence-electron chi connectivity index (χ2n) is 8.43. The highest BCUT2D eigenvalue weighted by Gasteiger charge is 2.08. The summed E-state index contributed by atoms with van der Waals surface area (Å²) in [4.78, 5) is 9.09. The van der Waals surface area contributed by atoms with Crippen LogP contribution in [0.4, 0.5) is 17.3 Å². The molecule has 0 saturated carbocycles. The molecule has 34 heavy (non-hydrogen) atoms. The molecule has 0 aliphatic heterocycles. The summed E-state index contributed by atoms with van der Waals surface area (Å²) in [7, 11) is 1.67. The molecule has 3 N–H and O–H groups in total. The summed E-state index contributed by atoms with van der Waals surface area (Å²) in [5, 5.41) is 10.3. The number of ether oxygens (including phenoxy) is 2. The molecule has 0 amide bonds. The van der Waals surface area contributed by atoms with E-state index in [2.05, 4.69) is 64.9 Å². The normalized spacial score (nSPS) is 10.8. The number of nitrogens with zero attached hydrogens (tertiary/aromatic N) is 2. The van der Waals surface area contributed by atoms with Crippen LogP contribution in [0, 0.1) is 27.7 Å². The molecule has 7 nitrogen and oxygen atoms in total. The lowest BCUT2D eigenvalue weighted by atomic mass is 10.1. The average molecular weight is 464 g/mol. The number of aromatic nitrogens is 2. The van der Waals surface area contributed by atoms with Gasteiger partial charge in [0, 0.05) is 24.8 Å². The number of aryl methyl sites for hydroxylation is 4. The van der Waals surface area contributed by atoms with E-state index >= 15 is 0 Å². The van der Waals surface area contributed by atoms with Crippen molar-refractivity contribution in [2.75, 3.05) is 44.0 Å². The van der Waals surface area contributed by atoms with Crippen LogP contribution < -0.4 is 25.4 Å². The van der Waals surface area contributed by atoms with Crippen LogP contribution in [-0.4, -0.2) is 43.3 Å². The Balaban J connectivity index is 1.48. The third-order valence-electron chi connectivity index (χ3n) is 5.49. The van der Waals surface area contributed by atoms with Gasteiger partial charge in [0.05, 0.1) is 13.7 Å². The van der Waals surface area contributed by atoms with Crippen LogP contribution in [0.2, 0.25) is 0 Å². The van der Waals surface area contributed by atoms with E-state index in [4.69, 9.17) is 9.47 Å². The predicted octanol–water partition coefficient (Wildman–Crippen LogP) is 5.11. The molecule has 1 aromatic heterocycles. The summed E-state index contributed by atoms with van der Waals surface area (Å²) in [6.07, 6.45) is 0.915. The maximum absolute atomic E-state index is 5.58. The predicted molar refractivity (Wildman–Crippen MR) is 140 cm³/mol. The molecule has 0 saturated heterocycles. The van der Waals surface area contributed by atoms with Gasteiger partial charge in [-0.15, -0.1) is 0 Å². The molecule has 0 aliphatic carbocycles. The summed E-state index contributed by atoms with van der Waals surface area (Å²) in [6.45, 7) is 13.3. The van der Waals surface area contributed by atoms with Crippen molar-refractivity contribution in [1.82, 2.24) is 15.3 Å². The smallest absolute Gasteiger partial charge is 0.161 e. The van der Waals surface area contributed by atoms with Crippen LogP contribution in [0.1, 0.15) is 35.0 Å². The molecular weight excluding hydrogens is 426 g/mol. The van der Waals surface area contributed by atoms with Gasteiger partial charge in [0.15, 0.2) is 11.5 Å². The molecule has 1 heterocycles. The molecule has 0 radical (unpaired) electrons. The average Bonchev–Trinajstić information content (AvgIpc) is 2.79. The highest BCUT2D eigenvalue weighted by molar-refractivity contribution is 5.66. The van der Waals surface area contributed by atoms with Gasteiger partial charge >= 0.3 is 0 Å². The summed E-state index contributed by atoms with van der Waals surface area (Å²) >= 11 is 0. The molecule has 0 fully saturated rings. The molecule has 2 aromatic carbocycles. The zero-order valence-corrected chi connectivity index (χ0v) is 21.2. The van der Waals surface area contributed by atoms with Crippen molar-refractivity contribution in [2.24, 2.45) is 0 Å². The van der Waals surface area contributed by atoms with Crippen molar-refractivity contribution in [2.45, 2.75) is 41.0 Å². The second-order valence-corrected chi connectivity index (χ2v) is 8.43. The maximum Gasteiger partial charge on any atom is 0.161 e. The fourth-order valence-corrected chi connectivity index (χ4v) is 4.01. The maximum atomic E-state index is 5.58. The number of methoxy groups -OCH3 is 1. The van der Waals surface area contributed by atoms with Crippen LogP contribution in [0.25, 0.3) is 0 Å². The van der Waals surface area contributed by atoms with Crippen molar-refractivity contribution in [1.29, 1.82) is 0 Å². The molecule has 0 aliphatic rings. The molecule has 182 valence electrons. The summed E-state index contributed by atoms with van der Waals surface area (Å²) in [5.74, 6) is 3.90. The van der Waals surface area contributed by atoms with Gasteiger partial charge in [-0.3, -0.25) is 0 Å². The van der Waals surface area contributed by atoms with Crippen molar-refractivity contribution in [3.8, 4) is 11.5 Å². The molecular formula is C27H37N5O2. The first-order chi connectivity index (χ1) is 16.4. The van der Waals surface area contributed by atoms with Gasteiger partial charge in [-0.2, -0.15) is 0 Å². The minimum Gasteiger partial charge on any atom is -0.493 e. The number of rotatable bonds is 12. The number of nitrogens with one attached hydrogen (secondary N) is 3. The van der Waals surface area contributed by atoms with Gasteiger partial charge in [0.2, 0.25) is 0 Å². The summed E-state index contributed by atoms with van der Waals surface area (Å²) in [5.41, 5.74) is 5.98. The van der Waals surface area contributed by atoms with E-state index in [-0.39, 0.29) is 0 Å². The van der Waals surface area contributed by atoms with Crippen LogP contribution in [-0.2, 0) is 6.42 Å². The van der Waals surface area contributed by atoms with Crippen molar-refractivity contribution < 1.29 is 9.47 Å². The third-order valence-corrected chi connectivity index (χ3v) is 5.49. The van der Waals surface area contributed by atoms with E-state index in [0.717, 1.165) is 60.7 Å². The Morgan fingerprint density at radius 2 is 1.56 bits per heavy atom. The van der Waals surface area contributed by atoms with Gasteiger partial charge in [-0.1, -0.05) is 23.8 Å². The molecule has 0 spiro atoms. The lowest BCUT2D eigenvalue weighted by Gasteiger charge is -2.15. The Hall–Kier alpha value is -3.32. The minimum atomic E-state index is 0.624. The van der Waals surface area contributed by atoms with E-state index in [0.29, 0.717) is 6.61 Å². The van der Waals surface area contributed by atoms with Crippen molar-refractivity contribution >= 4 is 17.3 Å². The standard InChI is InChI=1S/C27H37N5O2/c1-7-34-23-9-8-22(16-24(23)33-6)10-11-28-12-13-29-25-17-26(31-21(5)30-25)32-27-19(3)14-18(2)15-20(27)4/h8-9,14-17,28H,7,10-13H2,1-6H3,(H2,29,30,31,32). The zero-order chi connectivity index (χ0) is 24.5.